The van der Waals surface area contributed by atoms with E-state index in [2.05, 4.69) is 21.3 Å². The zero-order valence-electron chi connectivity index (χ0n) is 24.5. The SMILES string of the molecule is O=C(CCCCCCCNC(=O)Nc1ccccc1)CSSCC(=O)CCCCCCCNC(=O)Nc1ccccc1. The van der Waals surface area contributed by atoms with Crippen LogP contribution in [0.3, 0.4) is 0 Å². The van der Waals surface area contributed by atoms with E-state index in [1.54, 1.807) is 0 Å². The van der Waals surface area contributed by atoms with Gasteiger partial charge in [-0.1, -0.05) is 96.5 Å². The summed E-state index contributed by atoms with van der Waals surface area (Å²) in [6.07, 6.45) is 11.0. The van der Waals surface area contributed by atoms with Crippen molar-refractivity contribution in [3.05, 3.63) is 60.7 Å². The van der Waals surface area contributed by atoms with Crippen LogP contribution in [0.25, 0.3) is 0 Å². The second-order valence-electron chi connectivity index (χ2n) is 10.1. The zero-order valence-corrected chi connectivity index (χ0v) is 26.2. The van der Waals surface area contributed by atoms with Crippen LogP contribution in [0.5, 0.6) is 0 Å². The van der Waals surface area contributed by atoms with Crippen molar-refractivity contribution in [1.82, 2.24) is 10.6 Å². The number of hydrogen-bond donors (Lipinski definition) is 4. The van der Waals surface area contributed by atoms with Gasteiger partial charge < -0.3 is 21.3 Å². The number of hydrogen-bond acceptors (Lipinski definition) is 6. The average molecular weight is 615 g/mol. The number of anilines is 2. The fourth-order valence-corrected chi connectivity index (χ4v) is 6.12. The predicted molar refractivity (Wildman–Crippen MR) is 177 cm³/mol. The lowest BCUT2D eigenvalue weighted by Gasteiger charge is -2.07. The lowest BCUT2D eigenvalue weighted by Crippen LogP contribution is -2.29. The van der Waals surface area contributed by atoms with Gasteiger partial charge in [-0.15, -0.1) is 0 Å². The molecule has 2 aromatic rings. The Labute approximate surface area is 258 Å². The molecule has 0 radical (unpaired) electrons. The minimum Gasteiger partial charge on any atom is -0.338 e. The molecule has 4 amide bonds. The maximum atomic E-state index is 12.1. The smallest absolute Gasteiger partial charge is 0.319 e. The fourth-order valence-electron chi connectivity index (χ4n) is 4.11. The molecule has 230 valence electrons. The summed E-state index contributed by atoms with van der Waals surface area (Å²) < 4.78 is 0. The van der Waals surface area contributed by atoms with Gasteiger partial charge in [-0.05, 0) is 49.9 Å². The molecule has 0 saturated carbocycles. The van der Waals surface area contributed by atoms with Crippen LogP contribution in [0.4, 0.5) is 21.0 Å². The van der Waals surface area contributed by atoms with E-state index in [-0.39, 0.29) is 23.6 Å². The van der Waals surface area contributed by atoms with E-state index >= 15 is 0 Å². The summed E-state index contributed by atoms with van der Waals surface area (Å²) in [6, 6.07) is 18.4. The number of nitrogens with one attached hydrogen (secondary N) is 4. The fraction of sp³-hybridized carbons (Fsp3) is 0.500. The van der Waals surface area contributed by atoms with E-state index in [4.69, 9.17) is 0 Å². The van der Waals surface area contributed by atoms with Crippen LogP contribution in [-0.4, -0.2) is 48.2 Å². The first kappa shape index (κ1) is 35.2. The lowest BCUT2D eigenvalue weighted by molar-refractivity contribution is -0.117. The maximum Gasteiger partial charge on any atom is 0.319 e. The summed E-state index contributed by atoms with van der Waals surface area (Å²) in [5.41, 5.74) is 1.55. The van der Waals surface area contributed by atoms with Gasteiger partial charge in [-0.2, -0.15) is 0 Å². The van der Waals surface area contributed by atoms with Crippen molar-refractivity contribution in [3.63, 3.8) is 0 Å². The molecule has 0 bridgehead atoms. The number of ketones is 2. The first-order valence-electron chi connectivity index (χ1n) is 15.0. The molecule has 0 saturated heterocycles. The summed E-state index contributed by atoms with van der Waals surface area (Å²) in [7, 11) is 2.97. The predicted octanol–water partition coefficient (Wildman–Crippen LogP) is 7.83. The van der Waals surface area contributed by atoms with Crippen LogP contribution in [0.2, 0.25) is 0 Å². The molecule has 0 aromatic heterocycles. The normalized spacial score (nSPS) is 10.6. The Hall–Kier alpha value is -2.98. The van der Waals surface area contributed by atoms with Gasteiger partial charge in [-0.25, -0.2) is 9.59 Å². The molecule has 42 heavy (non-hydrogen) atoms. The van der Waals surface area contributed by atoms with Gasteiger partial charge in [0, 0.05) is 37.3 Å². The third-order valence-electron chi connectivity index (χ3n) is 6.42. The number of unbranched alkanes of at least 4 members (excludes halogenated alkanes) is 8. The highest BCUT2D eigenvalue weighted by atomic mass is 33.1. The lowest BCUT2D eigenvalue weighted by atomic mass is 10.1. The number of rotatable bonds is 23. The van der Waals surface area contributed by atoms with Crippen LogP contribution in [0.1, 0.15) is 77.0 Å². The van der Waals surface area contributed by atoms with Crippen molar-refractivity contribution in [3.8, 4) is 0 Å². The Morgan fingerprint density at radius 2 is 0.833 bits per heavy atom. The number of amides is 4. The molecule has 0 aliphatic heterocycles. The van der Waals surface area contributed by atoms with Crippen molar-refractivity contribution >= 4 is 56.6 Å². The second kappa shape index (κ2) is 23.6. The molecule has 10 heteroatoms. The second-order valence-corrected chi connectivity index (χ2v) is 12.6. The number of para-hydroxylation sites is 2. The number of urea groups is 2. The largest absolute Gasteiger partial charge is 0.338 e. The summed E-state index contributed by atoms with van der Waals surface area (Å²) in [5.74, 6) is 1.39. The van der Waals surface area contributed by atoms with E-state index in [9.17, 15) is 19.2 Å². The Kier molecular flexibility index (Phi) is 19.8. The molecular weight excluding hydrogens is 569 g/mol. The summed E-state index contributed by atoms with van der Waals surface area (Å²) in [6.45, 7) is 1.28. The van der Waals surface area contributed by atoms with E-state index in [1.165, 1.54) is 21.6 Å². The summed E-state index contributed by atoms with van der Waals surface area (Å²) >= 11 is 0. The molecule has 2 rings (SSSR count). The van der Waals surface area contributed by atoms with Crippen LogP contribution in [0.15, 0.2) is 60.7 Å². The molecule has 0 aliphatic carbocycles. The van der Waals surface area contributed by atoms with E-state index in [1.807, 2.05) is 60.7 Å². The number of carbonyl (C=O) groups excluding carboxylic acids is 4. The Morgan fingerprint density at radius 3 is 1.24 bits per heavy atom. The molecule has 8 nitrogen and oxygen atoms in total. The highest BCUT2D eigenvalue weighted by Gasteiger charge is 2.07. The molecule has 0 spiro atoms. The number of carbonyl (C=O) groups is 4. The standard InChI is InChI=1S/C32H46N4O4S2/c37-29(21-13-3-1-5-15-23-33-31(39)35-27-17-9-7-10-18-27)25-41-42-26-30(38)22-14-4-2-6-16-24-34-32(40)36-28-19-11-8-12-20-28/h7-12,17-20H,1-6,13-16,21-26H2,(H2,33,35,39)(H2,34,36,40). The highest BCUT2D eigenvalue weighted by Crippen LogP contribution is 2.23. The topological polar surface area (TPSA) is 116 Å². The van der Waals surface area contributed by atoms with Crippen molar-refractivity contribution < 1.29 is 19.2 Å². The Morgan fingerprint density at radius 1 is 0.476 bits per heavy atom. The molecule has 0 unspecified atom stereocenters. The van der Waals surface area contributed by atoms with Crippen LogP contribution in [0, 0.1) is 0 Å². The molecule has 2 aromatic carbocycles. The maximum absolute atomic E-state index is 12.1. The van der Waals surface area contributed by atoms with Crippen LogP contribution >= 0.6 is 21.6 Å². The van der Waals surface area contributed by atoms with Gasteiger partial charge in [0.2, 0.25) is 0 Å². The minimum atomic E-state index is -0.188. The van der Waals surface area contributed by atoms with Crippen molar-refractivity contribution in [2.75, 3.05) is 35.2 Å². The number of Topliss-reactive ketones (excluding diaryl/α,β-unsaturated/α-hetero) is 2. The molecular formula is C32H46N4O4S2. The quantitative estimate of drug-likeness (QED) is 0.0749. The molecule has 0 aliphatic rings. The highest BCUT2D eigenvalue weighted by molar-refractivity contribution is 8.77. The van der Waals surface area contributed by atoms with Crippen molar-refractivity contribution in [2.24, 2.45) is 0 Å². The minimum absolute atomic E-state index is 0.188. The third kappa shape index (κ3) is 19.2. The van der Waals surface area contributed by atoms with Crippen molar-refractivity contribution in [2.45, 2.75) is 77.0 Å². The van der Waals surface area contributed by atoms with Gasteiger partial charge >= 0.3 is 12.1 Å². The van der Waals surface area contributed by atoms with E-state index < -0.39 is 0 Å². The molecule has 0 atom stereocenters. The van der Waals surface area contributed by atoms with Crippen LogP contribution in [-0.2, 0) is 9.59 Å². The van der Waals surface area contributed by atoms with E-state index in [0.29, 0.717) is 37.4 Å². The summed E-state index contributed by atoms with van der Waals surface area (Å²) in [5, 5.41) is 11.3. The van der Waals surface area contributed by atoms with Gasteiger partial charge in [-0.3, -0.25) is 9.59 Å². The molecule has 0 heterocycles. The average Bonchev–Trinajstić information content (AvgIpc) is 2.99. The molecule has 0 fully saturated rings. The first-order valence-corrected chi connectivity index (χ1v) is 17.5. The third-order valence-corrected chi connectivity index (χ3v) is 8.68. The Bertz CT molecular complexity index is 958. The van der Waals surface area contributed by atoms with Gasteiger partial charge in [0.1, 0.15) is 11.6 Å². The zero-order chi connectivity index (χ0) is 30.1. The first-order chi connectivity index (χ1) is 20.5. The summed E-state index contributed by atoms with van der Waals surface area (Å²) in [4.78, 5) is 47.8. The molecule has 4 N–H and O–H groups in total. The van der Waals surface area contributed by atoms with Crippen molar-refractivity contribution in [1.29, 1.82) is 0 Å². The van der Waals surface area contributed by atoms with Gasteiger partial charge in [0.15, 0.2) is 0 Å². The van der Waals surface area contributed by atoms with Gasteiger partial charge in [0.25, 0.3) is 0 Å². The van der Waals surface area contributed by atoms with Gasteiger partial charge in [0.05, 0.1) is 11.5 Å². The Balaban J connectivity index is 1.30. The van der Waals surface area contributed by atoms with Crippen LogP contribution < -0.4 is 21.3 Å². The van der Waals surface area contributed by atoms with E-state index in [0.717, 1.165) is 75.6 Å². The number of benzene rings is 2. The monoisotopic (exact) mass is 614 g/mol.